The first-order valence-electron chi connectivity index (χ1n) is 18.9. The summed E-state index contributed by atoms with van der Waals surface area (Å²) in [5, 5.41) is 2.63. The van der Waals surface area contributed by atoms with Crippen molar-refractivity contribution < 1.29 is 9.47 Å². The predicted octanol–water partition coefficient (Wildman–Crippen LogP) is 11.4. The lowest BCUT2D eigenvalue weighted by Crippen LogP contribution is -2.59. The van der Waals surface area contributed by atoms with Crippen molar-refractivity contribution in [1.82, 2.24) is 0 Å². The van der Waals surface area contributed by atoms with Crippen LogP contribution in [0.1, 0.15) is 25.7 Å². The molecule has 1 aromatic heterocycles. The molecule has 6 heteroatoms. The molecule has 0 saturated carbocycles. The molecule has 0 unspecified atom stereocenters. The second-order valence-electron chi connectivity index (χ2n) is 14.7. The molecule has 4 aliphatic rings. The lowest BCUT2D eigenvalue weighted by molar-refractivity contribution is 0.363. The zero-order valence-corrected chi connectivity index (χ0v) is 30.3. The van der Waals surface area contributed by atoms with Crippen LogP contribution >= 0.6 is 11.3 Å². The molecule has 0 saturated heterocycles. The third kappa shape index (κ3) is 4.38. The third-order valence-corrected chi connectivity index (χ3v) is 12.9. The van der Waals surface area contributed by atoms with E-state index in [9.17, 15) is 0 Å². The zero-order valence-electron chi connectivity index (χ0n) is 29.5. The molecule has 4 nitrogen and oxygen atoms in total. The number of fused-ring (bicyclic) bond motifs is 8. The van der Waals surface area contributed by atoms with Crippen LogP contribution in [0.5, 0.6) is 17.2 Å². The van der Waals surface area contributed by atoms with Crippen LogP contribution in [-0.2, 0) is 0 Å². The number of anilines is 5. The van der Waals surface area contributed by atoms with E-state index in [4.69, 9.17) is 9.47 Å². The van der Waals surface area contributed by atoms with Crippen LogP contribution in [0.15, 0.2) is 163 Å². The first kappa shape index (κ1) is 30.2. The predicted molar refractivity (Wildman–Crippen MR) is 225 cm³/mol. The maximum Gasteiger partial charge on any atom is 0.256 e. The van der Waals surface area contributed by atoms with Gasteiger partial charge in [-0.05, 0) is 107 Å². The highest BCUT2D eigenvalue weighted by Gasteiger charge is 2.42. The molecule has 12 rings (SSSR count). The van der Waals surface area contributed by atoms with Crippen molar-refractivity contribution in [1.29, 1.82) is 0 Å². The summed E-state index contributed by atoms with van der Waals surface area (Å²) in [5.41, 5.74) is 13.1. The van der Waals surface area contributed by atoms with Crippen LogP contribution in [0.4, 0.5) is 28.4 Å². The van der Waals surface area contributed by atoms with Crippen molar-refractivity contribution in [2.75, 3.05) is 9.80 Å². The van der Waals surface area contributed by atoms with E-state index in [2.05, 4.69) is 161 Å². The second-order valence-corrected chi connectivity index (χ2v) is 15.7. The minimum atomic E-state index is -0.00745. The Balaban J connectivity index is 1.08. The van der Waals surface area contributed by atoms with Crippen LogP contribution < -0.4 is 35.7 Å². The van der Waals surface area contributed by atoms with Gasteiger partial charge in [0.2, 0.25) is 0 Å². The average molecular weight is 713 g/mol. The Bertz CT molecular complexity index is 2880. The van der Waals surface area contributed by atoms with Gasteiger partial charge >= 0.3 is 0 Å². The van der Waals surface area contributed by atoms with Gasteiger partial charge in [-0.2, -0.15) is 0 Å². The van der Waals surface area contributed by atoms with Gasteiger partial charge in [-0.1, -0.05) is 91.0 Å². The number of ether oxygens (including phenoxy) is 2. The molecule has 0 bridgehead atoms. The molecule has 0 atom stereocenters. The molecule has 1 aliphatic carbocycles. The van der Waals surface area contributed by atoms with Gasteiger partial charge in [0.15, 0.2) is 5.75 Å². The summed E-state index contributed by atoms with van der Waals surface area (Å²) < 4.78 is 16.0. The number of rotatable bonds is 3. The highest BCUT2D eigenvalue weighted by atomic mass is 32.1. The molecule has 4 heterocycles. The van der Waals surface area contributed by atoms with Crippen molar-refractivity contribution in [2.45, 2.75) is 25.7 Å². The lowest BCUT2D eigenvalue weighted by Gasteiger charge is -2.41. The second kappa shape index (κ2) is 11.6. The van der Waals surface area contributed by atoms with E-state index in [0.29, 0.717) is 0 Å². The SMILES string of the molecule is c1ccc(N2c3cc(N4C5=C(CCCC5)Oc5ccccc54)ccc3B3c4cc(-c5cccc6c5sc5ccccc56)ccc4Oc4cccc2c43)cc1. The van der Waals surface area contributed by atoms with Crippen LogP contribution in [0.2, 0.25) is 0 Å². The number of benzene rings is 7. The van der Waals surface area contributed by atoms with Gasteiger partial charge < -0.3 is 19.3 Å². The van der Waals surface area contributed by atoms with Gasteiger partial charge in [0, 0.05) is 49.3 Å². The van der Waals surface area contributed by atoms with E-state index in [1.165, 1.54) is 59.1 Å². The molecule has 7 aromatic carbocycles. The summed E-state index contributed by atoms with van der Waals surface area (Å²) in [6, 6.07) is 55.2. The van der Waals surface area contributed by atoms with Crippen molar-refractivity contribution in [3.8, 4) is 28.4 Å². The van der Waals surface area contributed by atoms with Crippen molar-refractivity contribution >= 4 is 83.0 Å². The smallest absolute Gasteiger partial charge is 0.256 e. The van der Waals surface area contributed by atoms with E-state index in [0.717, 1.165) is 71.4 Å². The number of para-hydroxylation sites is 3. The molecule has 3 aliphatic heterocycles. The Morgan fingerprint density at radius 1 is 0.519 bits per heavy atom. The highest BCUT2D eigenvalue weighted by Crippen LogP contribution is 2.49. The minimum absolute atomic E-state index is 0.00745. The monoisotopic (exact) mass is 712 g/mol. The fourth-order valence-electron chi connectivity index (χ4n) is 9.32. The van der Waals surface area contributed by atoms with Crippen molar-refractivity contribution in [3.05, 3.63) is 163 Å². The maximum absolute atomic E-state index is 6.81. The van der Waals surface area contributed by atoms with Crippen LogP contribution in [0.3, 0.4) is 0 Å². The highest BCUT2D eigenvalue weighted by molar-refractivity contribution is 7.26. The van der Waals surface area contributed by atoms with E-state index < -0.39 is 0 Å². The molecule has 0 N–H and O–H groups in total. The third-order valence-electron chi connectivity index (χ3n) is 11.7. The Labute approximate surface area is 318 Å². The van der Waals surface area contributed by atoms with E-state index in [1.807, 2.05) is 11.3 Å². The summed E-state index contributed by atoms with van der Waals surface area (Å²) in [7, 11) is 0. The van der Waals surface area contributed by atoms with E-state index >= 15 is 0 Å². The topological polar surface area (TPSA) is 24.9 Å². The first-order chi connectivity index (χ1) is 26.8. The van der Waals surface area contributed by atoms with Gasteiger partial charge in [0.25, 0.3) is 6.71 Å². The summed E-state index contributed by atoms with van der Waals surface area (Å²) in [4.78, 5) is 4.90. The van der Waals surface area contributed by atoms with Crippen molar-refractivity contribution in [2.24, 2.45) is 0 Å². The zero-order chi connectivity index (χ0) is 35.3. The fraction of sp³-hybridized carbons (Fsp3) is 0.0833. The maximum atomic E-state index is 6.81. The minimum Gasteiger partial charge on any atom is -0.458 e. The number of nitrogens with zero attached hydrogens (tertiary/aromatic N) is 2. The number of thiophene rings is 1. The summed E-state index contributed by atoms with van der Waals surface area (Å²) in [6.45, 7) is -0.00745. The lowest BCUT2D eigenvalue weighted by atomic mass is 9.34. The summed E-state index contributed by atoms with van der Waals surface area (Å²) >= 11 is 1.88. The van der Waals surface area contributed by atoms with Gasteiger partial charge in [0.05, 0.1) is 11.4 Å². The van der Waals surface area contributed by atoms with Gasteiger partial charge in [0.1, 0.15) is 17.3 Å². The Morgan fingerprint density at radius 2 is 1.31 bits per heavy atom. The van der Waals surface area contributed by atoms with Crippen molar-refractivity contribution in [3.63, 3.8) is 0 Å². The van der Waals surface area contributed by atoms with Crippen LogP contribution in [-0.4, -0.2) is 6.71 Å². The summed E-state index contributed by atoms with van der Waals surface area (Å²) in [5.74, 6) is 3.86. The fourth-order valence-corrected chi connectivity index (χ4v) is 10.6. The number of hydrogen-bond acceptors (Lipinski definition) is 5. The molecule has 256 valence electrons. The standard InChI is InChI=1S/C48H33BN2O2S/c1-2-12-31(13-3-1)50-40-19-11-22-45-47(40)49(36-26-25-32(29-41(36)50)51-38-17-5-7-20-43(38)53-44-21-8-6-18-39(44)51)37-28-30(24-27-42(37)52-45)33-15-10-16-35-34-14-4-9-23-46(34)54-48(33)35/h1-5,7,9-17,19-20,22-29H,6,8,18,21H2. The number of hydrogen-bond donors (Lipinski definition) is 0. The molecule has 8 aromatic rings. The molecular formula is C48H33BN2O2S. The molecule has 0 spiro atoms. The Hall–Kier alpha value is -6.24. The van der Waals surface area contributed by atoms with Crippen LogP contribution in [0, 0.1) is 0 Å². The normalized spacial score (nSPS) is 15.2. The molecular weight excluding hydrogens is 679 g/mol. The molecule has 0 amide bonds. The summed E-state index contributed by atoms with van der Waals surface area (Å²) in [6.07, 6.45) is 4.28. The van der Waals surface area contributed by atoms with Gasteiger partial charge in [-0.25, -0.2) is 0 Å². The first-order valence-corrected chi connectivity index (χ1v) is 19.7. The molecule has 0 fully saturated rings. The molecule has 54 heavy (non-hydrogen) atoms. The number of allylic oxidation sites excluding steroid dienone is 2. The quantitative estimate of drug-likeness (QED) is 0.170. The van der Waals surface area contributed by atoms with Gasteiger partial charge in [-0.15, -0.1) is 11.3 Å². The van der Waals surface area contributed by atoms with E-state index in [-0.39, 0.29) is 6.71 Å². The van der Waals surface area contributed by atoms with Crippen LogP contribution in [0.25, 0.3) is 31.3 Å². The average Bonchev–Trinajstić information content (AvgIpc) is 3.62. The Kier molecular flexibility index (Phi) is 6.52. The van der Waals surface area contributed by atoms with Gasteiger partial charge in [-0.3, -0.25) is 0 Å². The Morgan fingerprint density at radius 3 is 2.28 bits per heavy atom. The molecule has 0 radical (unpaired) electrons. The largest absolute Gasteiger partial charge is 0.458 e. The van der Waals surface area contributed by atoms with E-state index in [1.54, 1.807) is 0 Å².